The van der Waals surface area contributed by atoms with E-state index in [-0.39, 0.29) is 0 Å². The summed E-state index contributed by atoms with van der Waals surface area (Å²) in [6.07, 6.45) is 1.84. The normalized spacial score (nSPS) is 10.3. The maximum Gasteiger partial charge on any atom is 0.142 e. The van der Waals surface area contributed by atoms with Gasteiger partial charge in [0.15, 0.2) is 0 Å². The number of hydrogen-bond donors (Lipinski definition) is 1. The first kappa shape index (κ1) is 11.5. The highest BCUT2D eigenvalue weighted by Gasteiger charge is 2.07. The van der Waals surface area contributed by atoms with Crippen molar-refractivity contribution in [2.75, 3.05) is 32.1 Å². The largest absolute Gasteiger partial charge is 0.357 e. The van der Waals surface area contributed by atoms with Gasteiger partial charge in [0.05, 0.1) is 4.47 Å². The lowest BCUT2D eigenvalue weighted by molar-refractivity contribution is 0.760. The Morgan fingerprint density at radius 2 is 2.29 bits per heavy atom. The fourth-order valence-corrected chi connectivity index (χ4v) is 1.71. The zero-order chi connectivity index (χ0) is 10.6. The molecule has 0 aliphatic rings. The predicted molar refractivity (Wildman–Crippen MR) is 63.9 cm³/mol. The summed E-state index contributed by atoms with van der Waals surface area (Å²) >= 11 is 3.55. The van der Waals surface area contributed by atoms with Crippen LogP contribution in [0.5, 0.6) is 0 Å². The molecule has 1 rings (SSSR count). The second kappa shape index (κ2) is 5.32. The summed E-state index contributed by atoms with van der Waals surface area (Å²) in [4.78, 5) is 6.48. The van der Waals surface area contributed by atoms with E-state index in [1.54, 1.807) is 0 Å². The maximum atomic E-state index is 4.34. The molecule has 0 fully saturated rings. The first-order valence-corrected chi connectivity index (χ1v) is 5.43. The molecule has 3 nitrogen and oxygen atoms in total. The predicted octanol–water partition coefficient (Wildman–Crippen LogP) is 1.81. The Balaban J connectivity index is 2.79. The zero-order valence-corrected chi connectivity index (χ0v) is 10.4. The Morgan fingerprint density at radius 3 is 2.93 bits per heavy atom. The summed E-state index contributed by atoms with van der Waals surface area (Å²) in [5.74, 6) is 1.00. The van der Waals surface area contributed by atoms with Crippen LogP contribution in [0, 0.1) is 6.92 Å². The number of aryl methyl sites for hydroxylation is 1. The number of aromatic nitrogens is 1. The van der Waals surface area contributed by atoms with Crippen LogP contribution in [-0.4, -0.2) is 32.2 Å². The van der Waals surface area contributed by atoms with Crippen molar-refractivity contribution in [1.82, 2.24) is 10.3 Å². The van der Waals surface area contributed by atoms with Crippen molar-refractivity contribution in [3.63, 3.8) is 0 Å². The van der Waals surface area contributed by atoms with E-state index in [0.29, 0.717) is 0 Å². The topological polar surface area (TPSA) is 28.2 Å². The fraction of sp³-hybridized carbons (Fsp3) is 0.500. The molecule has 1 heterocycles. The van der Waals surface area contributed by atoms with E-state index < -0.39 is 0 Å². The molecule has 1 aromatic rings. The maximum absolute atomic E-state index is 4.34. The standard InChI is InChI=1S/C10H16BrN3/c1-8-4-5-13-10(9(8)11)14(3)7-6-12-2/h4-5,12H,6-7H2,1-3H3. The fourth-order valence-electron chi connectivity index (χ4n) is 1.18. The van der Waals surface area contributed by atoms with Gasteiger partial charge in [0.25, 0.3) is 0 Å². The molecule has 4 heteroatoms. The van der Waals surface area contributed by atoms with E-state index in [2.05, 4.69) is 38.1 Å². The molecule has 0 atom stereocenters. The molecule has 0 radical (unpaired) electrons. The highest BCUT2D eigenvalue weighted by atomic mass is 79.9. The molecule has 0 amide bonds. The quantitative estimate of drug-likeness (QED) is 0.892. The van der Waals surface area contributed by atoms with E-state index in [1.807, 2.05) is 26.4 Å². The number of likely N-dealkylation sites (N-methyl/N-ethyl adjacent to an activating group) is 2. The molecule has 1 aromatic heterocycles. The van der Waals surface area contributed by atoms with E-state index in [4.69, 9.17) is 0 Å². The van der Waals surface area contributed by atoms with Crippen molar-refractivity contribution in [1.29, 1.82) is 0 Å². The average molecular weight is 258 g/mol. The number of nitrogens with zero attached hydrogens (tertiary/aromatic N) is 2. The van der Waals surface area contributed by atoms with E-state index in [9.17, 15) is 0 Å². The Labute approximate surface area is 93.7 Å². The average Bonchev–Trinajstić information content (AvgIpc) is 2.18. The first-order valence-electron chi connectivity index (χ1n) is 4.63. The molecular weight excluding hydrogens is 242 g/mol. The second-order valence-electron chi connectivity index (χ2n) is 3.29. The van der Waals surface area contributed by atoms with E-state index in [0.717, 1.165) is 23.4 Å². The summed E-state index contributed by atoms with van der Waals surface area (Å²) in [6.45, 7) is 3.98. The summed E-state index contributed by atoms with van der Waals surface area (Å²) in [6, 6.07) is 2.00. The van der Waals surface area contributed by atoms with Gasteiger partial charge in [0, 0.05) is 26.3 Å². The summed E-state index contributed by atoms with van der Waals surface area (Å²) < 4.78 is 1.08. The molecular formula is C10H16BrN3. The van der Waals surface area contributed by atoms with Crippen LogP contribution in [0.1, 0.15) is 5.56 Å². The number of anilines is 1. The minimum Gasteiger partial charge on any atom is -0.357 e. The van der Waals surface area contributed by atoms with Gasteiger partial charge in [-0.05, 0) is 41.5 Å². The summed E-state index contributed by atoms with van der Waals surface area (Å²) in [5.41, 5.74) is 1.21. The Hall–Kier alpha value is -0.610. The lowest BCUT2D eigenvalue weighted by Crippen LogP contribution is -2.28. The van der Waals surface area contributed by atoms with Crippen LogP contribution < -0.4 is 10.2 Å². The van der Waals surface area contributed by atoms with Crippen molar-refractivity contribution in [2.24, 2.45) is 0 Å². The van der Waals surface area contributed by atoms with E-state index in [1.165, 1.54) is 5.56 Å². The van der Waals surface area contributed by atoms with Gasteiger partial charge in [0.2, 0.25) is 0 Å². The van der Waals surface area contributed by atoms with E-state index >= 15 is 0 Å². The first-order chi connectivity index (χ1) is 6.66. The van der Waals surface area contributed by atoms with Crippen molar-refractivity contribution in [3.05, 3.63) is 22.3 Å². The van der Waals surface area contributed by atoms with Gasteiger partial charge in [-0.25, -0.2) is 4.98 Å². The minimum atomic E-state index is 0.950. The van der Waals surface area contributed by atoms with Crippen LogP contribution in [0.3, 0.4) is 0 Å². The number of rotatable bonds is 4. The lowest BCUT2D eigenvalue weighted by Gasteiger charge is -2.19. The molecule has 0 unspecified atom stereocenters. The van der Waals surface area contributed by atoms with Crippen LogP contribution in [0.2, 0.25) is 0 Å². The SMILES string of the molecule is CNCCN(C)c1nccc(C)c1Br. The Kier molecular flexibility index (Phi) is 4.35. The molecule has 0 aliphatic heterocycles. The van der Waals surface area contributed by atoms with Gasteiger partial charge in [-0.3, -0.25) is 0 Å². The molecule has 14 heavy (non-hydrogen) atoms. The number of pyridine rings is 1. The second-order valence-corrected chi connectivity index (χ2v) is 4.08. The monoisotopic (exact) mass is 257 g/mol. The van der Waals surface area contributed by atoms with Crippen LogP contribution in [0.15, 0.2) is 16.7 Å². The molecule has 0 aliphatic carbocycles. The minimum absolute atomic E-state index is 0.950. The van der Waals surface area contributed by atoms with Crippen molar-refractivity contribution in [3.8, 4) is 0 Å². The van der Waals surface area contributed by atoms with Crippen LogP contribution in [0.25, 0.3) is 0 Å². The van der Waals surface area contributed by atoms with Gasteiger partial charge >= 0.3 is 0 Å². The molecule has 0 aromatic carbocycles. The third kappa shape index (κ3) is 2.69. The lowest BCUT2D eigenvalue weighted by atomic mass is 10.3. The van der Waals surface area contributed by atoms with Crippen molar-refractivity contribution >= 4 is 21.7 Å². The summed E-state index contributed by atoms with van der Waals surface area (Å²) in [5, 5.41) is 3.12. The van der Waals surface area contributed by atoms with Crippen LogP contribution in [-0.2, 0) is 0 Å². The number of hydrogen-bond acceptors (Lipinski definition) is 3. The third-order valence-electron chi connectivity index (χ3n) is 2.12. The zero-order valence-electron chi connectivity index (χ0n) is 8.84. The molecule has 0 saturated heterocycles. The van der Waals surface area contributed by atoms with Crippen LogP contribution >= 0.6 is 15.9 Å². The van der Waals surface area contributed by atoms with Crippen molar-refractivity contribution < 1.29 is 0 Å². The number of halogens is 1. The highest BCUT2D eigenvalue weighted by Crippen LogP contribution is 2.25. The van der Waals surface area contributed by atoms with Crippen LogP contribution in [0.4, 0.5) is 5.82 Å². The molecule has 0 saturated carbocycles. The Bertz CT molecular complexity index is 301. The number of nitrogens with one attached hydrogen (secondary N) is 1. The smallest absolute Gasteiger partial charge is 0.142 e. The molecule has 0 bridgehead atoms. The van der Waals surface area contributed by atoms with Gasteiger partial charge in [-0.15, -0.1) is 0 Å². The highest BCUT2D eigenvalue weighted by molar-refractivity contribution is 9.10. The summed E-state index contributed by atoms with van der Waals surface area (Å²) in [7, 11) is 4.00. The van der Waals surface area contributed by atoms with Gasteiger partial charge < -0.3 is 10.2 Å². The third-order valence-corrected chi connectivity index (χ3v) is 3.10. The molecule has 78 valence electrons. The van der Waals surface area contributed by atoms with Crippen molar-refractivity contribution in [2.45, 2.75) is 6.92 Å². The molecule has 1 N–H and O–H groups in total. The van der Waals surface area contributed by atoms with Gasteiger partial charge in [-0.2, -0.15) is 0 Å². The van der Waals surface area contributed by atoms with Gasteiger partial charge in [-0.1, -0.05) is 0 Å². The molecule has 0 spiro atoms. The van der Waals surface area contributed by atoms with Gasteiger partial charge in [0.1, 0.15) is 5.82 Å². The Morgan fingerprint density at radius 1 is 1.57 bits per heavy atom.